The Bertz CT molecular complexity index is 562. The van der Waals surface area contributed by atoms with Gasteiger partial charge in [-0.25, -0.2) is 4.98 Å². The van der Waals surface area contributed by atoms with Crippen LogP contribution in [0, 0.1) is 5.92 Å². The molecule has 1 aromatic heterocycles. The van der Waals surface area contributed by atoms with Crippen LogP contribution < -0.4 is 5.32 Å². The minimum Gasteiger partial charge on any atom is -0.373 e. The molecule has 126 valence electrons. The molecule has 0 aromatic carbocycles. The Morgan fingerprint density at radius 3 is 2.87 bits per heavy atom. The Labute approximate surface area is 141 Å². The van der Waals surface area contributed by atoms with Crippen molar-refractivity contribution in [1.82, 2.24) is 9.88 Å². The lowest BCUT2D eigenvalue weighted by Gasteiger charge is -2.34. The van der Waals surface area contributed by atoms with Gasteiger partial charge in [-0.05, 0) is 33.1 Å². The number of hydrogen-bond acceptors (Lipinski definition) is 5. The summed E-state index contributed by atoms with van der Waals surface area (Å²) in [6.45, 7) is 6.88. The number of anilines is 1. The van der Waals surface area contributed by atoms with Gasteiger partial charge in [-0.2, -0.15) is 0 Å². The van der Waals surface area contributed by atoms with Gasteiger partial charge in [-0.3, -0.25) is 9.69 Å². The molecule has 23 heavy (non-hydrogen) atoms. The Morgan fingerprint density at radius 1 is 1.39 bits per heavy atom. The van der Waals surface area contributed by atoms with Gasteiger partial charge in [0, 0.05) is 30.9 Å². The predicted molar refractivity (Wildman–Crippen MR) is 92.5 cm³/mol. The molecule has 1 aliphatic carbocycles. The first-order valence-corrected chi connectivity index (χ1v) is 9.26. The highest BCUT2D eigenvalue weighted by atomic mass is 32.1. The van der Waals surface area contributed by atoms with Gasteiger partial charge in [-0.15, -0.1) is 11.3 Å². The molecule has 3 atom stereocenters. The summed E-state index contributed by atoms with van der Waals surface area (Å²) in [5.41, 5.74) is 1.02. The molecule has 1 N–H and O–H groups in total. The van der Waals surface area contributed by atoms with Gasteiger partial charge in [0.05, 0.1) is 17.9 Å². The average Bonchev–Trinajstić information content (AvgIpc) is 2.94. The van der Waals surface area contributed by atoms with E-state index in [2.05, 4.69) is 41.2 Å². The number of nitrogens with one attached hydrogen (secondary N) is 1. The summed E-state index contributed by atoms with van der Waals surface area (Å²) >= 11 is 1.51. The molecule has 0 radical (unpaired) electrons. The lowest BCUT2D eigenvalue weighted by Crippen LogP contribution is -2.44. The number of amides is 1. The van der Waals surface area contributed by atoms with Crippen LogP contribution in [0.2, 0.25) is 0 Å². The van der Waals surface area contributed by atoms with E-state index >= 15 is 0 Å². The lowest BCUT2D eigenvalue weighted by atomic mass is 9.94. The minimum atomic E-state index is 0.0910. The summed E-state index contributed by atoms with van der Waals surface area (Å²) < 4.78 is 5.76. The van der Waals surface area contributed by atoms with E-state index in [4.69, 9.17) is 4.74 Å². The van der Waals surface area contributed by atoms with Crippen molar-refractivity contribution in [3.63, 3.8) is 0 Å². The highest BCUT2D eigenvalue weighted by Crippen LogP contribution is 2.23. The Kier molecular flexibility index (Phi) is 5.46. The Hall–Kier alpha value is -1.24. The standard InChI is InChI=1S/C17H25N3O2S/c1-12-8-20(9-13(2)22-12)10-15-11-23-17(18-15)19-16(21)14-6-4-3-5-7-14/h3-4,11-14H,5-10H2,1-2H3,(H,18,19,21). The highest BCUT2D eigenvalue weighted by Gasteiger charge is 2.23. The van der Waals surface area contributed by atoms with Crippen molar-refractivity contribution >= 4 is 22.4 Å². The van der Waals surface area contributed by atoms with Crippen LogP contribution in [0.25, 0.3) is 0 Å². The maximum Gasteiger partial charge on any atom is 0.229 e. The zero-order chi connectivity index (χ0) is 16.2. The third-order valence-corrected chi connectivity index (χ3v) is 5.11. The number of rotatable bonds is 4. The van der Waals surface area contributed by atoms with E-state index in [0.717, 1.165) is 44.6 Å². The molecule has 1 aliphatic heterocycles. The first-order valence-electron chi connectivity index (χ1n) is 8.38. The van der Waals surface area contributed by atoms with Gasteiger partial charge in [0.2, 0.25) is 5.91 Å². The van der Waals surface area contributed by atoms with Crippen molar-refractivity contribution in [2.75, 3.05) is 18.4 Å². The molecule has 1 amide bonds. The fourth-order valence-electron chi connectivity index (χ4n) is 3.32. The van der Waals surface area contributed by atoms with E-state index in [1.54, 1.807) is 0 Å². The number of carbonyl (C=O) groups is 1. The number of morpholine rings is 1. The van der Waals surface area contributed by atoms with Crippen LogP contribution in [0.1, 0.15) is 38.8 Å². The summed E-state index contributed by atoms with van der Waals surface area (Å²) in [4.78, 5) is 19.2. The summed E-state index contributed by atoms with van der Waals surface area (Å²) in [5.74, 6) is 0.192. The molecular formula is C17H25N3O2S. The smallest absolute Gasteiger partial charge is 0.229 e. The van der Waals surface area contributed by atoms with Crippen molar-refractivity contribution in [2.24, 2.45) is 5.92 Å². The van der Waals surface area contributed by atoms with E-state index in [9.17, 15) is 4.79 Å². The molecule has 1 saturated heterocycles. The summed E-state index contributed by atoms with van der Waals surface area (Å²) in [7, 11) is 0. The predicted octanol–water partition coefficient (Wildman–Crippen LogP) is 3.05. The van der Waals surface area contributed by atoms with Crippen molar-refractivity contribution < 1.29 is 9.53 Å². The molecule has 3 rings (SSSR count). The fourth-order valence-corrected chi connectivity index (χ4v) is 4.02. The van der Waals surface area contributed by atoms with Crippen LogP contribution in [0.5, 0.6) is 0 Å². The van der Waals surface area contributed by atoms with Gasteiger partial charge in [0.1, 0.15) is 0 Å². The topological polar surface area (TPSA) is 54.5 Å². The number of nitrogens with zero attached hydrogens (tertiary/aromatic N) is 2. The quantitative estimate of drug-likeness (QED) is 0.859. The molecule has 5 nitrogen and oxygen atoms in total. The van der Waals surface area contributed by atoms with Crippen LogP contribution >= 0.6 is 11.3 Å². The van der Waals surface area contributed by atoms with Crippen LogP contribution in [0.15, 0.2) is 17.5 Å². The second-order valence-corrected chi connectivity index (χ2v) is 7.42. The Morgan fingerprint density at radius 2 is 2.17 bits per heavy atom. The third-order valence-electron chi connectivity index (χ3n) is 4.30. The third kappa shape index (κ3) is 4.62. The van der Waals surface area contributed by atoms with Crippen LogP contribution in [0.4, 0.5) is 5.13 Å². The average molecular weight is 335 g/mol. The van der Waals surface area contributed by atoms with E-state index in [1.165, 1.54) is 11.3 Å². The van der Waals surface area contributed by atoms with Gasteiger partial charge >= 0.3 is 0 Å². The van der Waals surface area contributed by atoms with Gasteiger partial charge in [0.15, 0.2) is 5.13 Å². The molecule has 0 bridgehead atoms. The molecule has 2 aliphatic rings. The maximum atomic E-state index is 12.2. The maximum absolute atomic E-state index is 12.2. The van der Waals surface area contributed by atoms with E-state index in [1.807, 2.05) is 5.38 Å². The van der Waals surface area contributed by atoms with Gasteiger partial charge < -0.3 is 10.1 Å². The monoisotopic (exact) mass is 335 g/mol. The molecular weight excluding hydrogens is 310 g/mol. The van der Waals surface area contributed by atoms with Crippen molar-refractivity contribution in [2.45, 2.75) is 51.9 Å². The van der Waals surface area contributed by atoms with Crippen molar-refractivity contribution in [3.05, 3.63) is 23.2 Å². The number of carbonyl (C=O) groups excluding carboxylic acids is 1. The van der Waals surface area contributed by atoms with Crippen LogP contribution in [0.3, 0.4) is 0 Å². The zero-order valence-corrected chi connectivity index (χ0v) is 14.6. The fraction of sp³-hybridized carbons (Fsp3) is 0.647. The minimum absolute atomic E-state index is 0.0910. The highest BCUT2D eigenvalue weighted by molar-refractivity contribution is 7.13. The second kappa shape index (κ2) is 7.55. The van der Waals surface area contributed by atoms with E-state index in [0.29, 0.717) is 5.13 Å². The normalized spacial score (nSPS) is 28.7. The van der Waals surface area contributed by atoms with Crippen molar-refractivity contribution in [1.29, 1.82) is 0 Å². The number of thiazole rings is 1. The largest absolute Gasteiger partial charge is 0.373 e. The summed E-state index contributed by atoms with van der Waals surface area (Å²) in [6.07, 6.45) is 7.54. The van der Waals surface area contributed by atoms with Gasteiger partial charge in [-0.1, -0.05) is 12.2 Å². The van der Waals surface area contributed by atoms with E-state index in [-0.39, 0.29) is 24.0 Å². The SMILES string of the molecule is CC1CN(Cc2csc(NC(=O)C3CC=CCC3)n2)CC(C)O1. The first-order chi connectivity index (χ1) is 11.1. The van der Waals surface area contributed by atoms with Gasteiger partial charge in [0.25, 0.3) is 0 Å². The number of aromatic nitrogens is 1. The molecule has 1 aromatic rings. The number of allylic oxidation sites excluding steroid dienone is 2. The summed E-state index contributed by atoms with van der Waals surface area (Å²) in [5, 5.41) is 5.74. The van der Waals surface area contributed by atoms with E-state index < -0.39 is 0 Å². The lowest BCUT2D eigenvalue weighted by molar-refractivity contribution is -0.120. The van der Waals surface area contributed by atoms with Crippen LogP contribution in [-0.2, 0) is 16.1 Å². The Balaban J connectivity index is 1.53. The number of ether oxygens (including phenoxy) is 1. The molecule has 2 heterocycles. The molecule has 3 unspecified atom stereocenters. The zero-order valence-electron chi connectivity index (χ0n) is 13.8. The molecule has 0 spiro atoms. The summed E-state index contributed by atoms with van der Waals surface area (Å²) in [6, 6.07) is 0. The van der Waals surface area contributed by atoms with Crippen LogP contribution in [-0.4, -0.2) is 41.1 Å². The molecule has 1 fully saturated rings. The molecule has 6 heteroatoms. The second-order valence-electron chi connectivity index (χ2n) is 6.57. The first kappa shape index (κ1) is 16.6. The number of hydrogen-bond donors (Lipinski definition) is 1. The molecule has 0 saturated carbocycles. The van der Waals surface area contributed by atoms with Crippen molar-refractivity contribution in [3.8, 4) is 0 Å².